The molecule has 0 atom stereocenters. The minimum absolute atomic E-state index is 0.113. The first-order valence-electron chi connectivity index (χ1n) is 9.49. The van der Waals surface area contributed by atoms with Gasteiger partial charge in [0, 0.05) is 25.6 Å². The number of rotatable bonds is 7. The van der Waals surface area contributed by atoms with Crippen LogP contribution in [0.15, 0.2) is 35.0 Å². The smallest absolute Gasteiger partial charge is 0.412 e. The molecule has 0 fully saturated rings. The predicted octanol–water partition coefficient (Wildman–Crippen LogP) is 4.01. The first-order chi connectivity index (χ1) is 14.7. The monoisotopic (exact) mass is 445 g/mol. The zero-order valence-electron chi connectivity index (χ0n) is 17.6. The van der Waals surface area contributed by atoms with Gasteiger partial charge in [0.05, 0.1) is 11.1 Å². The maximum atomic E-state index is 11.8. The SMILES string of the molecule is CC(=O)NCCc1nc(-c2cnc(Oc3ccc(NC(=O)OC(C)(C)C)cc3)s2)no1. The maximum Gasteiger partial charge on any atom is 0.412 e. The lowest BCUT2D eigenvalue weighted by molar-refractivity contribution is -0.118. The van der Waals surface area contributed by atoms with E-state index in [1.54, 1.807) is 51.2 Å². The Hall–Kier alpha value is -3.47. The van der Waals surface area contributed by atoms with Gasteiger partial charge in [0.1, 0.15) is 11.4 Å². The van der Waals surface area contributed by atoms with Gasteiger partial charge in [-0.1, -0.05) is 16.5 Å². The van der Waals surface area contributed by atoms with Crippen LogP contribution in [-0.2, 0) is 16.0 Å². The van der Waals surface area contributed by atoms with Gasteiger partial charge < -0.3 is 19.3 Å². The lowest BCUT2D eigenvalue weighted by Crippen LogP contribution is -2.27. The summed E-state index contributed by atoms with van der Waals surface area (Å²) < 4.78 is 16.2. The number of hydrogen-bond donors (Lipinski definition) is 2. The second-order valence-corrected chi connectivity index (χ2v) is 8.48. The quantitative estimate of drug-likeness (QED) is 0.558. The van der Waals surface area contributed by atoms with Crippen LogP contribution in [0.1, 0.15) is 33.6 Å². The maximum absolute atomic E-state index is 11.8. The Kier molecular flexibility index (Phi) is 6.85. The summed E-state index contributed by atoms with van der Waals surface area (Å²) in [7, 11) is 0. The molecule has 0 aliphatic heterocycles. The van der Waals surface area contributed by atoms with Crippen LogP contribution in [0.4, 0.5) is 10.5 Å². The highest BCUT2D eigenvalue weighted by Crippen LogP contribution is 2.32. The van der Waals surface area contributed by atoms with E-state index < -0.39 is 11.7 Å². The van der Waals surface area contributed by atoms with Crippen molar-refractivity contribution in [1.29, 1.82) is 0 Å². The highest BCUT2D eigenvalue weighted by Gasteiger charge is 2.16. The van der Waals surface area contributed by atoms with Gasteiger partial charge in [-0.2, -0.15) is 4.98 Å². The van der Waals surface area contributed by atoms with Crippen LogP contribution in [0.5, 0.6) is 10.9 Å². The topological polar surface area (TPSA) is 128 Å². The fraction of sp³-hybridized carbons (Fsp3) is 0.350. The molecule has 0 unspecified atom stereocenters. The van der Waals surface area contributed by atoms with Crippen molar-refractivity contribution in [3.05, 3.63) is 36.4 Å². The Morgan fingerprint density at radius 3 is 2.61 bits per heavy atom. The van der Waals surface area contributed by atoms with Crippen molar-refractivity contribution in [3.63, 3.8) is 0 Å². The molecule has 0 saturated heterocycles. The van der Waals surface area contributed by atoms with E-state index in [1.807, 2.05) is 0 Å². The van der Waals surface area contributed by atoms with E-state index in [-0.39, 0.29) is 5.91 Å². The fourth-order valence-electron chi connectivity index (χ4n) is 2.34. The van der Waals surface area contributed by atoms with Crippen LogP contribution >= 0.6 is 11.3 Å². The van der Waals surface area contributed by atoms with E-state index in [1.165, 1.54) is 18.3 Å². The summed E-state index contributed by atoms with van der Waals surface area (Å²) in [5.41, 5.74) is 0.0145. The molecule has 164 valence electrons. The van der Waals surface area contributed by atoms with Crippen LogP contribution in [0.25, 0.3) is 10.7 Å². The number of nitrogens with zero attached hydrogens (tertiary/aromatic N) is 3. The molecule has 0 spiro atoms. The zero-order valence-corrected chi connectivity index (χ0v) is 18.4. The molecule has 2 aromatic heterocycles. The van der Waals surface area contributed by atoms with E-state index in [0.717, 1.165) is 0 Å². The minimum Gasteiger partial charge on any atom is -0.444 e. The van der Waals surface area contributed by atoms with Gasteiger partial charge in [-0.15, -0.1) is 0 Å². The first-order valence-corrected chi connectivity index (χ1v) is 10.3. The summed E-state index contributed by atoms with van der Waals surface area (Å²) >= 11 is 1.27. The zero-order chi connectivity index (χ0) is 22.4. The third-order valence-corrected chi connectivity index (χ3v) is 4.46. The number of ether oxygens (including phenoxy) is 2. The number of carbonyl (C=O) groups is 2. The van der Waals surface area contributed by atoms with Gasteiger partial charge >= 0.3 is 6.09 Å². The van der Waals surface area contributed by atoms with E-state index >= 15 is 0 Å². The first kappa shape index (κ1) is 22.2. The molecule has 3 rings (SSSR count). The molecule has 10 nitrogen and oxygen atoms in total. The van der Waals surface area contributed by atoms with Crippen molar-refractivity contribution in [2.75, 3.05) is 11.9 Å². The van der Waals surface area contributed by atoms with Crippen molar-refractivity contribution in [2.24, 2.45) is 0 Å². The second kappa shape index (κ2) is 9.56. The summed E-state index contributed by atoms with van der Waals surface area (Å²) in [6.45, 7) is 7.27. The summed E-state index contributed by atoms with van der Waals surface area (Å²) in [6.07, 6.45) is 1.52. The van der Waals surface area contributed by atoms with Crippen molar-refractivity contribution in [2.45, 2.75) is 39.7 Å². The molecule has 0 aliphatic rings. The second-order valence-electron chi connectivity index (χ2n) is 7.49. The molecule has 0 aliphatic carbocycles. The van der Waals surface area contributed by atoms with Gasteiger partial charge in [0.25, 0.3) is 5.19 Å². The van der Waals surface area contributed by atoms with Gasteiger partial charge in [-0.05, 0) is 45.0 Å². The highest BCUT2D eigenvalue weighted by atomic mass is 32.1. The fourth-order valence-corrected chi connectivity index (χ4v) is 3.05. The number of nitrogens with one attached hydrogen (secondary N) is 2. The summed E-state index contributed by atoms with van der Waals surface area (Å²) in [4.78, 5) is 31.9. The molecule has 0 saturated carbocycles. The lowest BCUT2D eigenvalue weighted by Gasteiger charge is -2.19. The van der Waals surface area contributed by atoms with Crippen molar-refractivity contribution >= 4 is 29.0 Å². The van der Waals surface area contributed by atoms with Crippen LogP contribution in [-0.4, -0.2) is 39.3 Å². The number of thiazole rings is 1. The standard InChI is InChI=1S/C20H23N5O5S/c1-12(26)21-10-9-16-24-17(25-30-16)15-11-22-19(31-15)28-14-7-5-13(6-8-14)23-18(27)29-20(2,3)4/h5-8,11H,9-10H2,1-4H3,(H,21,26)(H,23,27). The molecule has 1 aromatic carbocycles. The molecule has 0 bridgehead atoms. The molecule has 2 heterocycles. The summed E-state index contributed by atoms with van der Waals surface area (Å²) in [5, 5.41) is 9.67. The van der Waals surface area contributed by atoms with E-state index in [2.05, 4.69) is 25.8 Å². The average Bonchev–Trinajstić information content (AvgIpc) is 3.31. The molecule has 31 heavy (non-hydrogen) atoms. The lowest BCUT2D eigenvalue weighted by atomic mass is 10.2. The molecule has 2 N–H and O–H groups in total. The molecule has 2 amide bonds. The molecule has 11 heteroatoms. The highest BCUT2D eigenvalue weighted by molar-refractivity contribution is 7.16. The van der Waals surface area contributed by atoms with E-state index in [0.29, 0.717) is 46.2 Å². The normalized spacial score (nSPS) is 11.1. The van der Waals surface area contributed by atoms with Gasteiger partial charge in [0.2, 0.25) is 17.6 Å². The number of benzene rings is 1. The predicted molar refractivity (Wildman–Crippen MR) is 114 cm³/mol. The average molecular weight is 446 g/mol. The Morgan fingerprint density at radius 1 is 1.19 bits per heavy atom. The van der Waals surface area contributed by atoms with E-state index in [9.17, 15) is 9.59 Å². The Bertz CT molecular complexity index is 1040. The molecule has 0 radical (unpaired) electrons. The minimum atomic E-state index is -0.569. The van der Waals surface area contributed by atoms with Crippen molar-refractivity contribution < 1.29 is 23.6 Å². The number of hydrogen-bond acceptors (Lipinski definition) is 9. The van der Waals surface area contributed by atoms with Crippen LogP contribution in [0.2, 0.25) is 0 Å². The third kappa shape index (κ3) is 7.07. The van der Waals surface area contributed by atoms with Crippen LogP contribution in [0.3, 0.4) is 0 Å². The van der Waals surface area contributed by atoms with Crippen molar-refractivity contribution in [1.82, 2.24) is 20.4 Å². The Morgan fingerprint density at radius 2 is 1.94 bits per heavy atom. The number of aromatic nitrogens is 3. The Balaban J connectivity index is 1.55. The number of anilines is 1. The Labute approximate surface area is 183 Å². The molecule has 3 aromatic rings. The van der Waals surface area contributed by atoms with Gasteiger partial charge in [-0.3, -0.25) is 10.1 Å². The van der Waals surface area contributed by atoms with E-state index in [4.69, 9.17) is 14.0 Å². The van der Waals surface area contributed by atoms with Gasteiger partial charge in [0.15, 0.2) is 0 Å². The summed E-state index contributed by atoms with van der Waals surface area (Å²) in [5.74, 6) is 1.27. The van der Waals surface area contributed by atoms with Crippen LogP contribution < -0.4 is 15.4 Å². The number of amides is 2. The molecular weight excluding hydrogens is 422 g/mol. The molecular formula is C20H23N5O5S. The van der Waals surface area contributed by atoms with Crippen LogP contribution in [0, 0.1) is 0 Å². The number of carbonyl (C=O) groups excluding carboxylic acids is 2. The largest absolute Gasteiger partial charge is 0.444 e. The third-order valence-electron chi connectivity index (χ3n) is 3.59. The van der Waals surface area contributed by atoms with Gasteiger partial charge in [-0.25, -0.2) is 9.78 Å². The summed E-state index contributed by atoms with van der Waals surface area (Å²) in [6, 6.07) is 6.83. The van der Waals surface area contributed by atoms with Crippen molar-refractivity contribution in [3.8, 4) is 21.6 Å².